The second-order valence-electron chi connectivity index (χ2n) is 4.47. The van der Waals surface area contributed by atoms with Crippen molar-refractivity contribution in [2.75, 3.05) is 0 Å². The first-order valence-corrected chi connectivity index (χ1v) is 5.44. The first-order valence-electron chi connectivity index (χ1n) is 5.44. The summed E-state index contributed by atoms with van der Waals surface area (Å²) in [5.41, 5.74) is 6.15. The first kappa shape index (κ1) is 10.0. The molecule has 1 aliphatic rings. The van der Waals surface area contributed by atoms with Gasteiger partial charge in [-0.25, -0.2) is 0 Å². The second kappa shape index (κ2) is 4.27. The highest BCUT2D eigenvalue weighted by Crippen LogP contribution is 2.35. The van der Waals surface area contributed by atoms with Crippen LogP contribution in [0.25, 0.3) is 0 Å². The van der Waals surface area contributed by atoms with E-state index in [1.807, 2.05) is 0 Å². The lowest BCUT2D eigenvalue weighted by Gasteiger charge is -2.38. The summed E-state index contributed by atoms with van der Waals surface area (Å²) in [6, 6.07) is 0.470. The third-order valence-corrected chi connectivity index (χ3v) is 3.64. The summed E-state index contributed by atoms with van der Waals surface area (Å²) < 4.78 is 0. The first-order chi connectivity index (χ1) is 5.69. The van der Waals surface area contributed by atoms with Crippen molar-refractivity contribution in [3.63, 3.8) is 0 Å². The van der Waals surface area contributed by atoms with Crippen LogP contribution in [0.3, 0.4) is 0 Å². The minimum atomic E-state index is 0.470. The highest BCUT2D eigenvalue weighted by molar-refractivity contribution is 4.85. The zero-order valence-corrected chi connectivity index (χ0v) is 8.72. The van der Waals surface area contributed by atoms with Gasteiger partial charge in [0.15, 0.2) is 0 Å². The van der Waals surface area contributed by atoms with E-state index in [2.05, 4.69) is 20.8 Å². The van der Waals surface area contributed by atoms with E-state index in [-0.39, 0.29) is 0 Å². The number of rotatable bonds is 2. The van der Waals surface area contributed by atoms with Crippen LogP contribution in [0.2, 0.25) is 0 Å². The van der Waals surface area contributed by atoms with Crippen molar-refractivity contribution in [3.8, 4) is 0 Å². The van der Waals surface area contributed by atoms with E-state index >= 15 is 0 Å². The van der Waals surface area contributed by atoms with E-state index in [0.717, 1.165) is 17.8 Å². The number of hydrogen-bond donors (Lipinski definition) is 1. The summed E-state index contributed by atoms with van der Waals surface area (Å²) in [6.07, 6.45) is 5.34. The largest absolute Gasteiger partial charge is 0.327 e. The van der Waals surface area contributed by atoms with Crippen LogP contribution < -0.4 is 5.73 Å². The quantitative estimate of drug-likeness (QED) is 0.676. The molecule has 1 heteroatoms. The summed E-state index contributed by atoms with van der Waals surface area (Å²) in [6.45, 7) is 6.89. The Labute approximate surface area is 76.7 Å². The maximum atomic E-state index is 6.15. The Bertz CT molecular complexity index is 133. The lowest BCUT2D eigenvalue weighted by molar-refractivity contribution is 0.164. The van der Waals surface area contributed by atoms with Crippen LogP contribution in [-0.4, -0.2) is 6.04 Å². The van der Waals surface area contributed by atoms with Crippen molar-refractivity contribution >= 4 is 0 Å². The molecule has 1 saturated carbocycles. The standard InChI is InChI=1S/C11H23N/c1-4-9-6-8(3)11(12)10(5-2)7-9/h8-11H,4-7,12H2,1-3H3. The summed E-state index contributed by atoms with van der Waals surface area (Å²) in [7, 11) is 0. The third-order valence-electron chi connectivity index (χ3n) is 3.64. The molecule has 0 amide bonds. The monoisotopic (exact) mass is 169 g/mol. The SMILES string of the molecule is CCC1CC(C)C(N)C(CC)C1. The van der Waals surface area contributed by atoms with E-state index < -0.39 is 0 Å². The van der Waals surface area contributed by atoms with Crippen LogP contribution in [0.4, 0.5) is 0 Å². The van der Waals surface area contributed by atoms with Crippen LogP contribution in [0.5, 0.6) is 0 Å². The van der Waals surface area contributed by atoms with Crippen LogP contribution in [-0.2, 0) is 0 Å². The highest BCUT2D eigenvalue weighted by Gasteiger charge is 2.30. The third kappa shape index (κ3) is 2.01. The maximum absolute atomic E-state index is 6.15. The van der Waals surface area contributed by atoms with Crippen molar-refractivity contribution in [2.45, 2.75) is 52.5 Å². The van der Waals surface area contributed by atoms with Crippen LogP contribution >= 0.6 is 0 Å². The Morgan fingerprint density at radius 2 is 1.83 bits per heavy atom. The van der Waals surface area contributed by atoms with Crippen molar-refractivity contribution in [3.05, 3.63) is 0 Å². The Hall–Kier alpha value is -0.0400. The molecule has 12 heavy (non-hydrogen) atoms. The average molecular weight is 169 g/mol. The van der Waals surface area contributed by atoms with E-state index in [1.165, 1.54) is 25.7 Å². The molecule has 0 aromatic carbocycles. The van der Waals surface area contributed by atoms with Gasteiger partial charge in [0.1, 0.15) is 0 Å². The lowest BCUT2D eigenvalue weighted by Crippen LogP contribution is -2.41. The fourth-order valence-corrected chi connectivity index (χ4v) is 2.60. The Kier molecular flexibility index (Phi) is 3.57. The molecule has 1 fully saturated rings. The minimum absolute atomic E-state index is 0.470. The normalized spacial score (nSPS) is 43.0. The van der Waals surface area contributed by atoms with Gasteiger partial charge >= 0.3 is 0 Å². The molecule has 72 valence electrons. The topological polar surface area (TPSA) is 26.0 Å². The smallest absolute Gasteiger partial charge is 0.00931 e. The van der Waals surface area contributed by atoms with Gasteiger partial charge in [0.25, 0.3) is 0 Å². The zero-order valence-electron chi connectivity index (χ0n) is 8.72. The van der Waals surface area contributed by atoms with Gasteiger partial charge in [-0.1, -0.05) is 33.6 Å². The Morgan fingerprint density at radius 1 is 1.17 bits per heavy atom. The molecule has 1 aliphatic carbocycles. The molecule has 0 spiro atoms. The molecular weight excluding hydrogens is 146 g/mol. The van der Waals surface area contributed by atoms with Crippen molar-refractivity contribution in [1.29, 1.82) is 0 Å². The fourth-order valence-electron chi connectivity index (χ4n) is 2.60. The molecule has 0 aliphatic heterocycles. The van der Waals surface area contributed by atoms with Gasteiger partial charge < -0.3 is 5.73 Å². The zero-order chi connectivity index (χ0) is 9.14. The van der Waals surface area contributed by atoms with Gasteiger partial charge in [0.05, 0.1) is 0 Å². The molecule has 0 radical (unpaired) electrons. The summed E-state index contributed by atoms with van der Waals surface area (Å²) >= 11 is 0. The predicted molar refractivity (Wildman–Crippen MR) is 53.9 cm³/mol. The average Bonchev–Trinajstić information content (AvgIpc) is 2.09. The Balaban J connectivity index is 2.52. The van der Waals surface area contributed by atoms with Gasteiger partial charge in [-0.05, 0) is 30.6 Å². The van der Waals surface area contributed by atoms with E-state index in [1.54, 1.807) is 0 Å². The van der Waals surface area contributed by atoms with Gasteiger partial charge in [0, 0.05) is 6.04 Å². The highest BCUT2D eigenvalue weighted by atomic mass is 14.7. The summed E-state index contributed by atoms with van der Waals surface area (Å²) in [5, 5.41) is 0. The van der Waals surface area contributed by atoms with Crippen molar-refractivity contribution in [1.82, 2.24) is 0 Å². The van der Waals surface area contributed by atoms with Gasteiger partial charge in [-0.15, -0.1) is 0 Å². The molecule has 4 unspecified atom stereocenters. The minimum Gasteiger partial charge on any atom is -0.327 e. The molecule has 0 aromatic heterocycles. The molecule has 0 aromatic rings. The van der Waals surface area contributed by atoms with Crippen molar-refractivity contribution in [2.24, 2.45) is 23.5 Å². The second-order valence-corrected chi connectivity index (χ2v) is 4.47. The van der Waals surface area contributed by atoms with Gasteiger partial charge in [-0.3, -0.25) is 0 Å². The van der Waals surface area contributed by atoms with Gasteiger partial charge in [0.2, 0.25) is 0 Å². The van der Waals surface area contributed by atoms with Crippen LogP contribution in [0.1, 0.15) is 46.5 Å². The number of nitrogens with two attached hydrogens (primary N) is 1. The van der Waals surface area contributed by atoms with E-state index in [0.29, 0.717) is 6.04 Å². The molecule has 1 nitrogen and oxygen atoms in total. The maximum Gasteiger partial charge on any atom is 0.00931 e. The molecule has 0 heterocycles. The lowest BCUT2D eigenvalue weighted by atomic mass is 9.71. The van der Waals surface area contributed by atoms with Crippen molar-refractivity contribution < 1.29 is 0 Å². The van der Waals surface area contributed by atoms with Gasteiger partial charge in [-0.2, -0.15) is 0 Å². The molecule has 0 saturated heterocycles. The van der Waals surface area contributed by atoms with E-state index in [9.17, 15) is 0 Å². The summed E-state index contributed by atoms with van der Waals surface area (Å²) in [5.74, 6) is 2.48. The molecule has 2 N–H and O–H groups in total. The molecule has 0 bridgehead atoms. The van der Waals surface area contributed by atoms with Crippen LogP contribution in [0.15, 0.2) is 0 Å². The summed E-state index contributed by atoms with van der Waals surface area (Å²) in [4.78, 5) is 0. The predicted octanol–water partition coefficient (Wildman–Crippen LogP) is 2.80. The number of hydrogen-bond acceptors (Lipinski definition) is 1. The molecule has 4 atom stereocenters. The fraction of sp³-hybridized carbons (Fsp3) is 1.00. The molecular formula is C11H23N. The molecule has 1 rings (SSSR count). The van der Waals surface area contributed by atoms with Crippen LogP contribution in [0, 0.1) is 17.8 Å². The Morgan fingerprint density at radius 3 is 2.33 bits per heavy atom. The van der Waals surface area contributed by atoms with E-state index in [4.69, 9.17) is 5.73 Å².